The van der Waals surface area contributed by atoms with Crippen LogP contribution in [0.3, 0.4) is 0 Å². The van der Waals surface area contributed by atoms with Crippen molar-refractivity contribution >= 4 is 6.03 Å². The second-order valence-corrected chi connectivity index (χ2v) is 6.48. The number of fused-ring (bicyclic) bond motifs is 1. The third-order valence-electron chi connectivity index (χ3n) is 4.85. The van der Waals surface area contributed by atoms with E-state index in [9.17, 15) is 4.79 Å². The number of carbonyl (C=O) groups is 1. The van der Waals surface area contributed by atoms with Crippen LogP contribution in [-0.2, 0) is 13.0 Å². The monoisotopic (exact) mass is 347 g/mol. The molecule has 0 spiro atoms. The summed E-state index contributed by atoms with van der Waals surface area (Å²) in [4.78, 5) is 20.8. The molecular weight excluding hydrogens is 326 g/mol. The first-order chi connectivity index (χ1) is 12.8. The predicted molar refractivity (Wildman–Crippen MR) is 98.4 cm³/mol. The zero-order valence-corrected chi connectivity index (χ0v) is 14.4. The lowest BCUT2D eigenvalue weighted by molar-refractivity contribution is 0.227. The van der Waals surface area contributed by atoms with Gasteiger partial charge in [-0.1, -0.05) is 30.3 Å². The van der Waals surface area contributed by atoms with Crippen LogP contribution in [0.1, 0.15) is 35.2 Å². The molecular formula is C20H21N5O. The maximum absolute atomic E-state index is 12.5. The minimum atomic E-state index is -0.180. The van der Waals surface area contributed by atoms with Gasteiger partial charge in [0.1, 0.15) is 0 Å². The molecule has 0 unspecified atom stereocenters. The lowest BCUT2D eigenvalue weighted by atomic mass is 9.84. The summed E-state index contributed by atoms with van der Waals surface area (Å²) in [5.74, 6) is 0. The number of amides is 2. The fourth-order valence-electron chi connectivity index (χ4n) is 3.58. The number of urea groups is 1. The number of nitrogens with one attached hydrogen (secondary N) is 2. The van der Waals surface area contributed by atoms with Gasteiger partial charge in [-0.2, -0.15) is 0 Å². The van der Waals surface area contributed by atoms with Crippen LogP contribution in [0, 0.1) is 0 Å². The first kappa shape index (κ1) is 16.3. The average Bonchev–Trinajstić information content (AvgIpc) is 3.22. The Balaban J connectivity index is 1.52. The molecule has 6 heteroatoms. The fraction of sp³-hybridized carbons (Fsp3) is 0.250. The third kappa shape index (κ3) is 3.44. The lowest BCUT2D eigenvalue weighted by Crippen LogP contribution is -2.42. The van der Waals surface area contributed by atoms with Crippen LogP contribution in [0.4, 0.5) is 4.79 Å². The normalized spacial score (nSPS) is 18.8. The third-order valence-corrected chi connectivity index (χ3v) is 4.85. The largest absolute Gasteiger partial charge is 0.334 e. The van der Waals surface area contributed by atoms with Gasteiger partial charge in [0.2, 0.25) is 0 Å². The molecule has 1 aliphatic rings. The SMILES string of the molecule is O=C(NCc1cccnc1)N[C@@H]1c2ccccc2CC[C@@H]1n1ccnc1. The van der Waals surface area contributed by atoms with Crippen molar-refractivity contribution in [3.8, 4) is 0 Å². The van der Waals surface area contributed by atoms with Crippen LogP contribution < -0.4 is 10.6 Å². The van der Waals surface area contributed by atoms with Crippen molar-refractivity contribution in [2.24, 2.45) is 0 Å². The zero-order chi connectivity index (χ0) is 17.8. The summed E-state index contributed by atoms with van der Waals surface area (Å²) in [6, 6.07) is 12.0. The van der Waals surface area contributed by atoms with Crippen molar-refractivity contribution in [2.75, 3.05) is 0 Å². The highest BCUT2D eigenvalue weighted by Gasteiger charge is 2.31. The molecule has 132 valence electrons. The van der Waals surface area contributed by atoms with Crippen molar-refractivity contribution < 1.29 is 4.79 Å². The topological polar surface area (TPSA) is 71.8 Å². The molecule has 2 aromatic heterocycles. The summed E-state index contributed by atoms with van der Waals surface area (Å²) >= 11 is 0. The molecule has 1 aromatic carbocycles. The van der Waals surface area contributed by atoms with E-state index in [1.807, 2.05) is 30.7 Å². The maximum Gasteiger partial charge on any atom is 0.315 e. The fourth-order valence-corrected chi connectivity index (χ4v) is 3.58. The number of nitrogens with zero attached hydrogens (tertiary/aromatic N) is 3. The average molecular weight is 347 g/mol. The van der Waals surface area contributed by atoms with E-state index in [0.29, 0.717) is 6.54 Å². The van der Waals surface area contributed by atoms with E-state index in [4.69, 9.17) is 0 Å². The summed E-state index contributed by atoms with van der Waals surface area (Å²) in [6.07, 6.45) is 11.0. The van der Waals surface area contributed by atoms with Crippen molar-refractivity contribution in [3.05, 3.63) is 84.2 Å². The molecule has 0 bridgehead atoms. The van der Waals surface area contributed by atoms with Gasteiger partial charge in [0, 0.05) is 31.3 Å². The van der Waals surface area contributed by atoms with Gasteiger partial charge in [0.25, 0.3) is 0 Å². The number of aromatic nitrogens is 3. The molecule has 0 aliphatic heterocycles. The van der Waals surface area contributed by atoms with E-state index in [-0.39, 0.29) is 18.1 Å². The molecule has 0 radical (unpaired) electrons. The van der Waals surface area contributed by atoms with Gasteiger partial charge in [-0.15, -0.1) is 0 Å². The number of aryl methyl sites for hydroxylation is 1. The van der Waals surface area contributed by atoms with E-state index in [0.717, 1.165) is 18.4 Å². The summed E-state index contributed by atoms with van der Waals surface area (Å²) in [5.41, 5.74) is 3.44. The first-order valence-electron chi connectivity index (χ1n) is 8.80. The highest BCUT2D eigenvalue weighted by Crippen LogP contribution is 2.37. The molecule has 0 fully saturated rings. The predicted octanol–water partition coefficient (Wildman–Crippen LogP) is 3.01. The van der Waals surface area contributed by atoms with Gasteiger partial charge < -0.3 is 15.2 Å². The summed E-state index contributed by atoms with van der Waals surface area (Å²) in [7, 11) is 0. The molecule has 2 atom stereocenters. The molecule has 2 heterocycles. The van der Waals surface area contributed by atoms with Crippen LogP contribution in [0.15, 0.2) is 67.5 Å². The lowest BCUT2D eigenvalue weighted by Gasteiger charge is -2.35. The number of rotatable bonds is 4. The molecule has 6 nitrogen and oxygen atoms in total. The van der Waals surface area contributed by atoms with Gasteiger partial charge in [0.15, 0.2) is 0 Å². The molecule has 4 rings (SSSR count). The minimum Gasteiger partial charge on any atom is -0.334 e. The maximum atomic E-state index is 12.5. The van der Waals surface area contributed by atoms with E-state index in [1.165, 1.54) is 11.1 Å². The highest BCUT2D eigenvalue weighted by molar-refractivity contribution is 5.74. The molecule has 3 aromatic rings. The van der Waals surface area contributed by atoms with E-state index in [1.54, 1.807) is 18.6 Å². The molecule has 0 saturated heterocycles. The Kier molecular flexibility index (Phi) is 4.64. The van der Waals surface area contributed by atoms with Crippen molar-refractivity contribution in [2.45, 2.75) is 31.5 Å². The number of pyridine rings is 1. The van der Waals surface area contributed by atoms with Crippen molar-refractivity contribution in [3.63, 3.8) is 0 Å². The van der Waals surface area contributed by atoms with Gasteiger partial charge >= 0.3 is 6.03 Å². The quantitative estimate of drug-likeness (QED) is 0.762. The zero-order valence-electron chi connectivity index (χ0n) is 14.4. The van der Waals surface area contributed by atoms with Gasteiger partial charge in [-0.05, 0) is 35.6 Å². The molecule has 0 saturated carbocycles. The highest BCUT2D eigenvalue weighted by atomic mass is 16.2. The van der Waals surface area contributed by atoms with E-state index in [2.05, 4.69) is 43.4 Å². The summed E-state index contributed by atoms with van der Waals surface area (Å²) in [5, 5.41) is 6.09. The minimum absolute atomic E-state index is 0.0944. The van der Waals surface area contributed by atoms with Crippen molar-refractivity contribution in [1.29, 1.82) is 0 Å². The van der Waals surface area contributed by atoms with Gasteiger partial charge in [-0.25, -0.2) is 9.78 Å². The second kappa shape index (κ2) is 7.39. The van der Waals surface area contributed by atoms with Gasteiger partial charge in [-0.3, -0.25) is 4.98 Å². The summed E-state index contributed by atoms with van der Waals surface area (Å²) < 4.78 is 2.09. The Hall–Kier alpha value is -3.15. The van der Waals surface area contributed by atoms with E-state index >= 15 is 0 Å². The number of benzene rings is 1. The molecule has 2 amide bonds. The van der Waals surface area contributed by atoms with Crippen LogP contribution in [0.2, 0.25) is 0 Å². The Bertz CT molecular complexity index is 863. The molecule has 26 heavy (non-hydrogen) atoms. The standard InChI is InChI=1S/C20H21N5O/c26-20(23-13-15-4-3-9-21-12-15)24-19-17-6-2-1-5-16(17)7-8-18(19)25-11-10-22-14-25/h1-6,9-12,14,18-19H,7-8,13H2,(H2,23,24,26)/t18-,19+/m0/s1. The summed E-state index contributed by atoms with van der Waals surface area (Å²) in [6.45, 7) is 0.448. The number of hydrogen-bond donors (Lipinski definition) is 2. The van der Waals surface area contributed by atoms with Crippen LogP contribution >= 0.6 is 0 Å². The van der Waals surface area contributed by atoms with Crippen molar-refractivity contribution in [1.82, 2.24) is 25.2 Å². The Morgan fingerprint density at radius 2 is 2.08 bits per heavy atom. The molecule has 2 N–H and O–H groups in total. The van der Waals surface area contributed by atoms with E-state index < -0.39 is 0 Å². The Morgan fingerprint density at radius 3 is 2.88 bits per heavy atom. The van der Waals surface area contributed by atoms with Crippen LogP contribution in [-0.4, -0.2) is 20.6 Å². The number of carbonyl (C=O) groups excluding carboxylic acids is 1. The van der Waals surface area contributed by atoms with Gasteiger partial charge in [0.05, 0.1) is 18.4 Å². The van der Waals surface area contributed by atoms with Crippen LogP contribution in [0.5, 0.6) is 0 Å². The Morgan fingerprint density at radius 1 is 1.15 bits per heavy atom. The Labute approximate surface area is 152 Å². The smallest absolute Gasteiger partial charge is 0.315 e. The number of imidazole rings is 1. The number of hydrogen-bond acceptors (Lipinski definition) is 3. The second-order valence-electron chi connectivity index (χ2n) is 6.48. The van der Waals surface area contributed by atoms with Crippen LogP contribution in [0.25, 0.3) is 0 Å². The molecule has 1 aliphatic carbocycles. The first-order valence-corrected chi connectivity index (χ1v) is 8.80.